The molecule has 3 rings (SSSR count). The lowest BCUT2D eigenvalue weighted by Crippen LogP contribution is -2.31. The number of carbonyl (C=O) groups is 1. The summed E-state index contributed by atoms with van der Waals surface area (Å²) in [5.41, 5.74) is 2.07. The van der Waals surface area contributed by atoms with Gasteiger partial charge in [-0.25, -0.2) is 9.78 Å². The average molecular weight is 339 g/mol. The van der Waals surface area contributed by atoms with E-state index in [1.54, 1.807) is 0 Å². The molecule has 0 radical (unpaired) electrons. The first-order chi connectivity index (χ1) is 12.2. The molecule has 2 aromatic rings. The van der Waals surface area contributed by atoms with Crippen molar-refractivity contribution in [3.63, 3.8) is 0 Å². The molecule has 1 aliphatic heterocycles. The van der Waals surface area contributed by atoms with Crippen LogP contribution in [0, 0.1) is 0 Å². The summed E-state index contributed by atoms with van der Waals surface area (Å²) in [5, 5.41) is 0. The van der Waals surface area contributed by atoms with Gasteiger partial charge in [-0.05, 0) is 37.0 Å². The molecule has 0 bridgehead atoms. The zero-order valence-corrected chi connectivity index (χ0v) is 14.9. The lowest BCUT2D eigenvalue weighted by molar-refractivity contribution is 0.0920. The number of nitrogens with zero attached hydrogens (tertiary/aromatic N) is 3. The average Bonchev–Trinajstić information content (AvgIpc) is 3.16. The van der Waals surface area contributed by atoms with Crippen molar-refractivity contribution in [3.05, 3.63) is 59.8 Å². The van der Waals surface area contributed by atoms with Crippen LogP contribution in [0.4, 0.5) is 10.6 Å². The molecule has 0 spiro atoms. The topological polar surface area (TPSA) is 45.7 Å². The van der Waals surface area contributed by atoms with Gasteiger partial charge in [-0.1, -0.05) is 36.4 Å². The van der Waals surface area contributed by atoms with Crippen LogP contribution in [0.1, 0.15) is 36.9 Å². The summed E-state index contributed by atoms with van der Waals surface area (Å²) >= 11 is 0. The summed E-state index contributed by atoms with van der Waals surface area (Å²) in [6, 6.07) is 13.9. The minimum Gasteiger partial charge on any atom is -0.445 e. The van der Waals surface area contributed by atoms with Gasteiger partial charge in [0, 0.05) is 26.3 Å². The number of hydrogen-bond acceptors (Lipinski definition) is 4. The van der Waals surface area contributed by atoms with E-state index in [2.05, 4.69) is 22.9 Å². The number of ether oxygens (including phenoxy) is 1. The molecule has 1 aromatic heterocycles. The molecule has 2 heterocycles. The van der Waals surface area contributed by atoms with Crippen molar-refractivity contribution in [3.8, 4) is 0 Å². The maximum absolute atomic E-state index is 12.5. The SMILES string of the molecule is CCN(C)c1ccc(C2CCCN2C(=O)OCc2ccccc2)cn1. The van der Waals surface area contributed by atoms with Gasteiger partial charge in [-0.2, -0.15) is 0 Å². The molecule has 0 saturated carbocycles. The van der Waals surface area contributed by atoms with E-state index in [0.717, 1.165) is 42.9 Å². The van der Waals surface area contributed by atoms with E-state index in [9.17, 15) is 4.79 Å². The fourth-order valence-electron chi connectivity index (χ4n) is 3.12. The Bertz CT molecular complexity index is 688. The van der Waals surface area contributed by atoms with Crippen LogP contribution in [0.5, 0.6) is 0 Å². The normalized spacial score (nSPS) is 16.7. The van der Waals surface area contributed by atoms with Crippen molar-refractivity contribution in [1.82, 2.24) is 9.88 Å². The Kier molecular flexibility index (Phi) is 5.53. The molecule has 132 valence electrons. The molecule has 1 fully saturated rings. The van der Waals surface area contributed by atoms with Crippen molar-refractivity contribution in [1.29, 1.82) is 0 Å². The summed E-state index contributed by atoms with van der Waals surface area (Å²) in [6.07, 6.45) is 3.57. The number of pyridine rings is 1. The molecular formula is C20H25N3O2. The second-order valence-corrected chi connectivity index (χ2v) is 6.36. The van der Waals surface area contributed by atoms with Crippen LogP contribution in [0.25, 0.3) is 0 Å². The lowest BCUT2D eigenvalue weighted by Gasteiger charge is -2.25. The molecule has 1 saturated heterocycles. The number of hydrogen-bond donors (Lipinski definition) is 0. The number of amides is 1. The number of carbonyl (C=O) groups excluding carboxylic acids is 1. The minimum absolute atomic E-state index is 0.0526. The van der Waals surface area contributed by atoms with Crippen LogP contribution in [-0.4, -0.2) is 36.1 Å². The van der Waals surface area contributed by atoms with Crippen LogP contribution in [0.3, 0.4) is 0 Å². The van der Waals surface area contributed by atoms with E-state index in [0.29, 0.717) is 6.61 Å². The molecular weight excluding hydrogens is 314 g/mol. The molecule has 0 N–H and O–H groups in total. The van der Waals surface area contributed by atoms with Crippen LogP contribution < -0.4 is 4.90 Å². The van der Waals surface area contributed by atoms with Gasteiger partial charge < -0.3 is 14.5 Å². The Morgan fingerprint density at radius 3 is 2.76 bits per heavy atom. The van der Waals surface area contributed by atoms with Gasteiger partial charge in [0.1, 0.15) is 12.4 Å². The van der Waals surface area contributed by atoms with Crippen LogP contribution in [0.2, 0.25) is 0 Å². The smallest absolute Gasteiger partial charge is 0.410 e. The van der Waals surface area contributed by atoms with E-state index in [4.69, 9.17) is 4.74 Å². The van der Waals surface area contributed by atoms with Gasteiger partial charge in [0.2, 0.25) is 0 Å². The Morgan fingerprint density at radius 2 is 2.08 bits per heavy atom. The number of benzene rings is 1. The molecule has 1 aromatic carbocycles. The van der Waals surface area contributed by atoms with E-state index in [-0.39, 0.29) is 12.1 Å². The monoisotopic (exact) mass is 339 g/mol. The highest BCUT2D eigenvalue weighted by molar-refractivity contribution is 5.68. The second-order valence-electron chi connectivity index (χ2n) is 6.36. The van der Waals surface area contributed by atoms with Gasteiger partial charge in [0.25, 0.3) is 0 Å². The van der Waals surface area contributed by atoms with Gasteiger partial charge >= 0.3 is 6.09 Å². The largest absolute Gasteiger partial charge is 0.445 e. The zero-order chi connectivity index (χ0) is 17.6. The highest BCUT2D eigenvalue weighted by atomic mass is 16.6. The summed E-state index contributed by atoms with van der Waals surface area (Å²) in [5.74, 6) is 0.947. The standard InChI is InChI=1S/C20H25N3O2/c1-3-22(2)19-12-11-17(14-21-19)18-10-7-13-23(18)20(24)25-15-16-8-5-4-6-9-16/h4-6,8-9,11-12,14,18H,3,7,10,13,15H2,1-2H3. The van der Waals surface area contributed by atoms with Gasteiger partial charge in [0.15, 0.2) is 0 Å². The lowest BCUT2D eigenvalue weighted by atomic mass is 10.1. The summed E-state index contributed by atoms with van der Waals surface area (Å²) < 4.78 is 5.50. The summed E-state index contributed by atoms with van der Waals surface area (Å²) in [6.45, 7) is 4.04. The highest BCUT2D eigenvalue weighted by Crippen LogP contribution is 2.32. The number of rotatable bonds is 5. The van der Waals surface area contributed by atoms with Gasteiger partial charge in [-0.15, -0.1) is 0 Å². The van der Waals surface area contributed by atoms with Crippen molar-refractivity contribution in [2.45, 2.75) is 32.4 Å². The maximum atomic E-state index is 12.5. The molecule has 1 atom stereocenters. The van der Waals surface area contributed by atoms with Gasteiger partial charge in [-0.3, -0.25) is 0 Å². The van der Waals surface area contributed by atoms with Crippen LogP contribution in [0.15, 0.2) is 48.7 Å². The third-order valence-electron chi connectivity index (χ3n) is 4.71. The predicted octanol–water partition coefficient (Wildman–Crippen LogP) is 4.01. The molecule has 5 heteroatoms. The van der Waals surface area contributed by atoms with E-state index in [1.807, 2.05) is 54.5 Å². The Morgan fingerprint density at radius 1 is 1.28 bits per heavy atom. The quantitative estimate of drug-likeness (QED) is 0.826. The summed E-state index contributed by atoms with van der Waals surface area (Å²) in [7, 11) is 2.02. The molecule has 5 nitrogen and oxygen atoms in total. The third kappa shape index (κ3) is 4.10. The molecule has 1 aliphatic rings. The number of anilines is 1. The van der Waals surface area contributed by atoms with E-state index < -0.39 is 0 Å². The fourth-order valence-corrected chi connectivity index (χ4v) is 3.12. The first kappa shape index (κ1) is 17.3. The van der Waals surface area contributed by atoms with Crippen molar-refractivity contribution in [2.75, 3.05) is 25.0 Å². The van der Waals surface area contributed by atoms with Crippen molar-refractivity contribution >= 4 is 11.9 Å². The highest BCUT2D eigenvalue weighted by Gasteiger charge is 2.31. The number of aromatic nitrogens is 1. The molecule has 0 aliphatic carbocycles. The third-order valence-corrected chi connectivity index (χ3v) is 4.71. The Balaban J connectivity index is 1.64. The van der Waals surface area contributed by atoms with Crippen LogP contribution in [-0.2, 0) is 11.3 Å². The summed E-state index contributed by atoms with van der Waals surface area (Å²) in [4.78, 5) is 20.9. The molecule has 1 amide bonds. The van der Waals surface area contributed by atoms with Crippen LogP contribution >= 0.6 is 0 Å². The van der Waals surface area contributed by atoms with Crippen molar-refractivity contribution in [2.24, 2.45) is 0 Å². The first-order valence-electron chi connectivity index (χ1n) is 8.83. The minimum atomic E-state index is -0.249. The van der Waals surface area contributed by atoms with E-state index in [1.165, 1.54) is 0 Å². The second kappa shape index (κ2) is 8.01. The Hall–Kier alpha value is -2.56. The fraction of sp³-hybridized carbons (Fsp3) is 0.400. The van der Waals surface area contributed by atoms with Crippen molar-refractivity contribution < 1.29 is 9.53 Å². The zero-order valence-electron chi connectivity index (χ0n) is 14.9. The maximum Gasteiger partial charge on any atom is 0.410 e. The first-order valence-corrected chi connectivity index (χ1v) is 8.83. The predicted molar refractivity (Wildman–Crippen MR) is 98.5 cm³/mol. The Labute approximate surface area is 149 Å². The molecule has 25 heavy (non-hydrogen) atoms. The van der Waals surface area contributed by atoms with Gasteiger partial charge in [0.05, 0.1) is 6.04 Å². The number of likely N-dealkylation sites (tertiary alicyclic amines) is 1. The molecule has 1 unspecified atom stereocenters. The van der Waals surface area contributed by atoms with E-state index >= 15 is 0 Å².